The first-order valence-electron chi connectivity index (χ1n) is 9.52. The minimum atomic E-state index is -0.121. The summed E-state index contributed by atoms with van der Waals surface area (Å²) >= 11 is 1.53. The summed E-state index contributed by atoms with van der Waals surface area (Å²) in [6.07, 6.45) is 1.17. The van der Waals surface area contributed by atoms with E-state index >= 15 is 0 Å². The van der Waals surface area contributed by atoms with Crippen LogP contribution in [0.15, 0.2) is 53.9 Å². The molecule has 0 unspecified atom stereocenters. The van der Waals surface area contributed by atoms with E-state index < -0.39 is 0 Å². The lowest BCUT2D eigenvalue weighted by molar-refractivity contribution is -0.115. The summed E-state index contributed by atoms with van der Waals surface area (Å²) in [5.74, 6) is 1.27. The largest absolute Gasteiger partial charge is 0.497 e. The minimum absolute atomic E-state index is 0.121. The highest BCUT2D eigenvalue weighted by Gasteiger charge is 2.14. The number of fused-ring (bicyclic) bond motifs is 1. The maximum Gasteiger partial charge on any atom is 0.232 e. The van der Waals surface area contributed by atoms with Crippen LogP contribution in [0, 0.1) is 0 Å². The predicted octanol–water partition coefficient (Wildman–Crippen LogP) is 4.76. The quantitative estimate of drug-likeness (QED) is 0.480. The van der Waals surface area contributed by atoms with E-state index in [1.165, 1.54) is 11.3 Å². The summed E-state index contributed by atoms with van der Waals surface area (Å²) in [4.78, 5) is 21.8. The molecule has 0 fully saturated rings. The normalized spacial score (nSPS) is 11.0. The van der Waals surface area contributed by atoms with Gasteiger partial charge in [0, 0.05) is 17.5 Å². The number of ether oxygens (including phenoxy) is 1. The average Bonchev–Trinajstić information content (AvgIpc) is 3.33. The molecule has 0 radical (unpaired) electrons. The number of rotatable bonds is 7. The van der Waals surface area contributed by atoms with Gasteiger partial charge in [-0.2, -0.15) is 0 Å². The zero-order chi connectivity index (χ0) is 20.2. The number of anilines is 1. The van der Waals surface area contributed by atoms with Crippen molar-refractivity contribution in [1.29, 1.82) is 0 Å². The third-order valence-electron chi connectivity index (χ3n) is 4.58. The number of nitrogens with zero attached hydrogens (tertiary/aromatic N) is 3. The number of benzene rings is 2. The Hall–Kier alpha value is -3.19. The second-order valence-corrected chi connectivity index (χ2v) is 7.53. The lowest BCUT2D eigenvalue weighted by atomic mass is 10.2. The Morgan fingerprint density at radius 1 is 1.14 bits per heavy atom. The molecule has 4 aromatic rings. The standard InChI is InChI=1S/C22H22N4O2S/c1-3-12-26-19-7-5-4-6-18(19)24-22(26)25-20(27)13-16-14-29-21(23-16)15-8-10-17(28-2)11-9-15/h4-11,14H,3,12-13H2,1-2H3,(H,24,25,27). The molecule has 2 aromatic carbocycles. The Kier molecular flexibility index (Phi) is 5.57. The van der Waals surface area contributed by atoms with Gasteiger partial charge >= 0.3 is 0 Å². The molecule has 148 valence electrons. The number of carbonyl (C=O) groups is 1. The highest BCUT2D eigenvalue weighted by atomic mass is 32.1. The monoisotopic (exact) mass is 406 g/mol. The topological polar surface area (TPSA) is 69.0 Å². The number of para-hydroxylation sites is 2. The molecule has 1 amide bonds. The molecule has 0 atom stereocenters. The smallest absolute Gasteiger partial charge is 0.232 e. The second-order valence-electron chi connectivity index (χ2n) is 6.67. The Labute approximate surface area is 173 Å². The van der Waals surface area contributed by atoms with Crippen LogP contribution in [0.1, 0.15) is 19.0 Å². The van der Waals surface area contributed by atoms with Gasteiger partial charge in [0.15, 0.2) is 0 Å². The van der Waals surface area contributed by atoms with Crippen LogP contribution >= 0.6 is 11.3 Å². The van der Waals surface area contributed by atoms with Crippen molar-refractivity contribution in [3.63, 3.8) is 0 Å². The van der Waals surface area contributed by atoms with E-state index in [9.17, 15) is 4.79 Å². The first kappa shape index (κ1) is 19.1. The number of methoxy groups -OCH3 is 1. The lowest BCUT2D eigenvalue weighted by Crippen LogP contribution is -2.18. The van der Waals surface area contributed by atoms with Gasteiger partial charge in [0.05, 0.1) is 30.3 Å². The van der Waals surface area contributed by atoms with Crippen molar-refractivity contribution >= 4 is 34.2 Å². The molecule has 6 nitrogen and oxygen atoms in total. The molecule has 0 aliphatic carbocycles. The van der Waals surface area contributed by atoms with Crippen LogP contribution in [0.2, 0.25) is 0 Å². The molecule has 7 heteroatoms. The summed E-state index contributed by atoms with van der Waals surface area (Å²) in [6, 6.07) is 15.7. The molecule has 0 saturated carbocycles. The summed E-state index contributed by atoms with van der Waals surface area (Å²) < 4.78 is 7.24. The summed E-state index contributed by atoms with van der Waals surface area (Å²) in [7, 11) is 1.64. The number of carbonyl (C=O) groups excluding carboxylic acids is 1. The molecule has 0 aliphatic rings. The maximum atomic E-state index is 12.6. The van der Waals surface area contributed by atoms with Crippen molar-refractivity contribution in [2.24, 2.45) is 0 Å². The van der Waals surface area contributed by atoms with E-state index in [4.69, 9.17) is 4.74 Å². The fourth-order valence-electron chi connectivity index (χ4n) is 3.21. The van der Waals surface area contributed by atoms with E-state index in [1.54, 1.807) is 7.11 Å². The fourth-order valence-corrected chi connectivity index (χ4v) is 4.03. The molecule has 0 bridgehead atoms. The number of amides is 1. The Morgan fingerprint density at radius 3 is 2.69 bits per heavy atom. The van der Waals surface area contributed by atoms with Crippen LogP contribution in [0.3, 0.4) is 0 Å². The fraction of sp³-hybridized carbons (Fsp3) is 0.227. The molecule has 0 saturated heterocycles. The van der Waals surface area contributed by atoms with Gasteiger partial charge in [0.2, 0.25) is 11.9 Å². The maximum absolute atomic E-state index is 12.6. The number of hydrogen-bond donors (Lipinski definition) is 1. The number of aromatic nitrogens is 3. The van der Waals surface area contributed by atoms with Gasteiger partial charge in [0.1, 0.15) is 10.8 Å². The van der Waals surface area contributed by atoms with Gasteiger partial charge in [-0.1, -0.05) is 19.1 Å². The number of nitrogens with one attached hydrogen (secondary N) is 1. The molecule has 0 aliphatic heterocycles. The van der Waals surface area contributed by atoms with Gasteiger partial charge < -0.3 is 9.30 Å². The average molecular weight is 407 g/mol. The van der Waals surface area contributed by atoms with E-state index in [0.29, 0.717) is 5.95 Å². The summed E-state index contributed by atoms with van der Waals surface area (Å²) in [5.41, 5.74) is 3.66. The first-order chi connectivity index (χ1) is 14.2. The minimum Gasteiger partial charge on any atom is -0.497 e. The molecular formula is C22H22N4O2S. The molecular weight excluding hydrogens is 384 g/mol. The van der Waals surface area contributed by atoms with Crippen LogP contribution in [-0.4, -0.2) is 27.6 Å². The Morgan fingerprint density at radius 2 is 1.93 bits per heavy atom. The Bertz CT molecular complexity index is 1130. The second kappa shape index (κ2) is 8.45. The summed E-state index contributed by atoms with van der Waals surface area (Å²) in [5, 5.41) is 5.77. The van der Waals surface area contributed by atoms with Crippen molar-refractivity contribution in [2.45, 2.75) is 26.3 Å². The third kappa shape index (κ3) is 4.14. The van der Waals surface area contributed by atoms with Crippen molar-refractivity contribution in [3.05, 3.63) is 59.6 Å². The molecule has 4 rings (SSSR count). The molecule has 0 spiro atoms. The number of thiazole rings is 1. The molecule has 2 aromatic heterocycles. The van der Waals surface area contributed by atoms with Gasteiger partial charge in [-0.25, -0.2) is 9.97 Å². The number of aryl methyl sites for hydroxylation is 1. The SMILES string of the molecule is CCCn1c(NC(=O)Cc2csc(-c3ccc(OC)cc3)n2)nc2ccccc21. The summed E-state index contributed by atoms with van der Waals surface area (Å²) in [6.45, 7) is 2.91. The van der Waals surface area contributed by atoms with Gasteiger partial charge in [-0.05, 0) is 42.8 Å². The number of imidazole rings is 1. The zero-order valence-corrected chi connectivity index (χ0v) is 17.2. The van der Waals surface area contributed by atoms with Crippen LogP contribution in [0.25, 0.3) is 21.6 Å². The third-order valence-corrected chi connectivity index (χ3v) is 5.52. The van der Waals surface area contributed by atoms with Crippen molar-refractivity contribution in [3.8, 4) is 16.3 Å². The van der Waals surface area contributed by atoms with E-state index in [-0.39, 0.29) is 12.3 Å². The predicted molar refractivity (Wildman–Crippen MR) is 116 cm³/mol. The van der Waals surface area contributed by atoms with Gasteiger partial charge in [-0.3, -0.25) is 10.1 Å². The van der Waals surface area contributed by atoms with Crippen molar-refractivity contribution in [2.75, 3.05) is 12.4 Å². The highest BCUT2D eigenvalue weighted by molar-refractivity contribution is 7.13. The van der Waals surface area contributed by atoms with Crippen LogP contribution in [0.4, 0.5) is 5.95 Å². The van der Waals surface area contributed by atoms with Crippen LogP contribution in [-0.2, 0) is 17.8 Å². The first-order valence-corrected chi connectivity index (χ1v) is 10.4. The van der Waals surface area contributed by atoms with E-state index in [0.717, 1.165) is 46.0 Å². The Balaban J connectivity index is 1.48. The lowest BCUT2D eigenvalue weighted by Gasteiger charge is -2.08. The highest BCUT2D eigenvalue weighted by Crippen LogP contribution is 2.26. The van der Waals surface area contributed by atoms with Crippen molar-refractivity contribution in [1.82, 2.24) is 14.5 Å². The molecule has 2 heterocycles. The molecule has 29 heavy (non-hydrogen) atoms. The van der Waals surface area contributed by atoms with Crippen molar-refractivity contribution < 1.29 is 9.53 Å². The van der Waals surface area contributed by atoms with Gasteiger partial charge in [-0.15, -0.1) is 11.3 Å². The van der Waals surface area contributed by atoms with Crippen LogP contribution < -0.4 is 10.1 Å². The van der Waals surface area contributed by atoms with Gasteiger partial charge in [0.25, 0.3) is 0 Å². The van der Waals surface area contributed by atoms with E-state index in [1.807, 2.05) is 53.9 Å². The van der Waals surface area contributed by atoms with E-state index in [2.05, 4.69) is 26.8 Å². The number of hydrogen-bond acceptors (Lipinski definition) is 5. The zero-order valence-electron chi connectivity index (χ0n) is 16.4. The van der Waals surface area contributed by atoms with Crippen LogP contribution in [0.5, 0.6) is 5.75 Å². The molecule has 1 N–H and O–H groups in total.